The highest BCUT2D eigenvalue weighted by Crippen LogP contribution is 2.13. The molecule has 0 radical (unpaired) electrons. The smallest absolute Gasteiger partial charge is 0.188 e. The largest absolute Gasteiger partial charge is 0.549 e. The zero-order valence-corrected chi connectivity index (χ0v) is 8.26. The van der Waals surface area contributed by atoms with Gasteiger partial charge in [0, 0.05) is 11.9 Å². The van der Waals surface area contributed by atoms with Gasteiger partial charge in [-0.05, 0) is 22.0 Å². The van der Waals surface area contributed by atoms with Crippen molar-refractivity contribution in [2.45, 2.75) is 5.16 Å². The quantitative estimate of drug-likeness (QED) is 0.430. The lowest BCUT2D eigenvalue weighted by Crippen LogP contribution is -2.24. The zero-order chi connectivity index (χ0) is 8.97. The molecule has 0 atom stereocenters. The van der Waals surface area contributed by atoms with Gasteiger partial charge in [-0.3, -0.25) is 0 Å². The summed E-state index contributed by atoms with van der Waals surface area (Å²) in [6.45, 7) is 0. The monoisotopic (exact) mass is 247 g/mol. The summed E-state index contributed by atoms with van der Waals surface area (Å²) in [5, 5.41) is 10.5. The van der Waals surface area contributed by atoms with E-state index in [2.05, 4.69) is 25.9 Å². The van der Waals surface area contributed by atoms with Crippen LogP contribution in [-0.2, 0) is 4.79 Å². The molecule has 1 heterocycles. The summed E-state index contributed by atoms with van der Waals surface area (Å²) in [5.41, 5.74) is 0. The number of hydrogen-bond donors (Lipinski definition) is 0. The number of halogens is 1. The molecule has 64 valence electrons. The van der Waals surface area contributed by atoms with Gasteiger partial charge in [-0.15, -0.1) is 0 Å². The SMILES string of the molecule is O=C([O-])CSc1nccc(Br)n1. The third kappa shape index (κ3) is 3.19. The molecule has 1 rings (SSSR count). The van der Waals surface area contributed by atoms with Gasteiger partial charge >= 0.3 is 0 Å². The van der Waals surface area contributed by atoms with Crippen LogP contribution in [0.1, 0.15) is 0 Å². The molecule has 12 heavy (non-hydrogen) atoms. The fourth-order valence-corrected chi connectivity index (χ4v) is 1.46. The molecule has 1 aromatic heterocycles. The maximum absolute atomic E-state index is 10.1. The molecule has 0 amide bonds. The second kappa shape index (κ2) is 4.42. The van der Waals surface area contributed by atoms with Gasteiger partial charge in [-0.1, -0.05) is 11.8 Å². The van der Waals surface area contributed by atoms with Crippen molar-refractivity contribution in [2.75, 3.05) is 5.75 Å². The lowest BCUT2D eigenvalue weighted by molar-refractivity contribution is -0.301. The van der Waals surface area contributed by atoms with E-state index in [1.807, 2.05) is 0 Å². The Morgan fingerprint density at radius 1 is 1.75 bits per heavy atom. The van der Waals surface area contributed by atoms with Crippen LogP contribution in [0.4, 0.5) is 0 Å². The Labute approximate surface area is 81.5 Å². The molecule has 0 aromatic carbocycles. The molecule has 0 saturated carbocycles. The lowest BCUT2D eigenvalue weighted by Gasteiger charge is -1.99. The summed E-state index contributed by atoms with van der Waals surface area (Å²) < 4.78 is 0.637. The molecule has 0 bridgehead atoms. The first-order valence-corrected chi connectivity index (χ1v) is 4.77. The minimum atomic E-state index is -1.12. The van der Waals surface area contributed by atoms with Gasteiger partial charge < -0.3 is 9.90 Å². The zero-order valence-electron chi connectivity index (χ0n) is 5.86. The summed E-state index contributed by atoms with van der Waals surface area (Å²) >= 11 is 4.17. The van der Waals surface area contributed by atoms with Gasteiger partial charge in [0.25, 0.3) is 0 Å². The standard InChI is InChI=1S/C6H5BrN2O2S/c7-4-1-2-8-6(9-4)12-3-5(10)11/h1-2H,3H2,(H,10,11)/p-1. The Kier molecular flexibility index (Phi) is 3.48. The fourth-order valence-electron chi connectivity index (χ4n) is 0.513. The van der Waals surface area contributed by atoms with Crippen LogP contribution in [0.3, 0.4) is 0 Å². The molecule has 0 aliphatic heterocycles. The molecule has 4 nitrogen and oxygen atoms in total. The van der Waals surface area contributed by atoms with Crippen LogP contribution in [0, 0.1) is 0 Å². The molecule has 1 aromatic rings. The molecule has 0 N–H and O–H groups in total. The van der Waals surface area contributed by atoms with E-state index >= 15 is 0 Å². The average molecular weight is 248 g/mol. The van der Waals surface area contributed by atoms with Gasteiger partial charge in [0.15, 0.2) is 5.16 Å². The maximum Gasteiger partial charge on any atom is 0.188 e. The minimum absolute atomic E-state index is 0.129. The van der Waals surface area contributed by atoms with Crippen molar-refractivity contribution in [3.63, 3.8) is 0 Å². The highest BCUT2D eigenvalue weighted by Gasteiger charge is 1.97. The lowest BCUT2D eigenvalue weighted by atomic mass is 10.7. The van der Waals surface area contributed by atoms with E-state index in [0.29, 0.717) is 9.76 Å². The first-order valence-electron chi connectivity index (χ1n) is 2.99. The molecule has 0 saturated heterocycles. The Morgan fingerprint density at radius 3 is 3.08 bits per heavy atom. The number of carbonyl (C=O) groups is 1. The van der Waals surface area contributed by atoms with E-state index < -0.39 is 5.97 Å². The van der Waals surface area contributed by atoms with Crippen molar-refractivity contribution in [1.29, 1.82) is 0 Å². The van der Waals surface area contributed by atoms with Crippen molar-refractivity contribution in [3.8, 4) is 0 Å². The van der Waals surface area contributed by atoms with Crippen molar-refractivity contribution >= 4 is 33.7 Å². The van der Waals surface area contributed by atoms with Crippen molar-refractivity contribution in [3.05, 3.63) is 16.9 Å². The Bertz CT molecular complexity index is 295. The molecule has 0 unspecified atom stereocenters. The highest BCUT2D eigenvalue weighted by atomic mass is 79.9. The van der Waals surface area contributed by atoms with E-state index in [9.17, 15) is 9.90 Å². The topological polar surface area (TPSA) is 65.9 Å². The van der Waals surface area contributed by atoms with E-state index in [1.165, 1.54) is 0 Å². The third-order valence-electron chi connectivity index (χ3n) is 0.919. The second-order valence-electron chi connectivity index (χ2n) is 1.82. The predicted octanol–water partition coefficient (Wildman–Crippen LogP) is 0.0811. The van der Waals surface area contributed by atoms with Crippen LogP contribution in [0.2, 0.25) is 0 Å². The van der Waals surface area contributed by atoms with Crippen LogP contribution in [-0.4, -0.2) is 21.7 Å². The van der Waals surface area contributed by atoms with Crippen LogP contribution in [0.25, 0.3) is 0 Å². The van der Waals surface area contributed by atoms with Crippen LogP contribution >= 0.6 is 27.7 Å². The van der Waals surface area contributed by atoms with Gasteiger partial charge in [0.2, 0.25) is 0 Å². The van der Waals surface area contributed by atoms with E-state index in [1.54, 1.807) is 12.3 Å². The first kappa shape index (κ1) is 9.47. The fraction of sp³-hybridized carbons (Fsp3) is 0.167. The molecule has 0 fully saturated rings. The number of nitrogens with zero attached hydrogens (tertiary/aromatic N) is 2. The number of aliphatic carboxylic acids is 1. The van der Waals surface area contributed by atoms with Crippen LogP contribution in [0.5, 0.6) is 0 Å². The van der Waals surface area contributed by atoms with E-state index in [0.717, 1.165) is 11.8 Å². The summed E-state index contributed by atoms with van der Waals surface area (Å²) in [6.07, 6.45) is 1.55. The van der Waals surface area contributed by atoms with Gasteiger partial charge in [-0.2, -0.15) is 0 Å². The van der Waals surface area contributed by atoms with E-state index in [-0.39, 0.29) is 5.75 Å². The van der Waals surface area contributed by atoms with Gasteiger partial charge in [0.05, 0.1) is 5.97 Å². The molecular formula is C6H4BrN2O2S-. The number of hydrogen-bond acceptors (Lipinski definition) is 5. The van der Waals surface area contributed by atoms with Crippen LogP contribution < -0.4 is 5.11 Å². The summed E-state index contributed by atoms with van der Waals surface area (Å²) in [7, 11) is 0. The predicted molar refractivity (Wildman–Crippen MR) is 45.5 cm³/mol. The van der Waals surface area contributed by atoms with Crippen molar-refractivity contribution in [2.24, 2.45) is 0 Å². The van der Waals surface area contributed by atoms with Crippen molar-refractivity contribution < 1.29 is 9.90 Å². The highest BCUT2D eigenvalue weighted by molar-refractivity contribution is 9.10. The number of carbonyl (C=O) groups excluding carboxylic acids is 1. The number of carboxylic acids is 1. The van der Waals surface area contributed by atoms with Gasteiger partial charge in [0.1, 0.15) is 4.60 Å². The summed E-state index contributed by atoms with van der Waals surface area (Å²) in [4.78, 5) is 17.8. The molecule has 0 aliphatic rings. The molecular weight excluding hydrogens is 244 g/mol. The third-order valence-corrected chi connectivity index (χ3v) is 2.20. The molecule has 0 aliphatic carbocycles. The van der Waals surface area contributed by atoms with Gasteiger partial charge in [-0.25, -0.2) is 9.97 Å². The Balaban J connectivity index is 2.57. The normalized spacial score (nSPS) is 9.75. The van der Waals surface area contributed by atoms with Crippen LogP contribution in [0.15, 0.2) is 22.0 Å². The molecule has 0 spiro atoms. The number of carboxylic acid groups (broad SMARTS) is 1. The van der Waals surface area contributed by atoms with E-state index in [4.69, 9.17) is 0 Å². The Hall–Kier alpha value is -0.620. The maximum atomic E-state index is 10.1. The first-order chi connectivity index (χ1) is 5.68. The van der Waals surface area contributed by atoms with Crippen molar-refractivity contribution in [1.82, 2.24) is 9.97 Å². The number of thioether (sulfide) groups is 1. The minimum Gasteiger partial charge on any atom is -0.549 e. The number of aromatic nitrogens is 2. The number of rotatable bonds is 3. The summed E-state index contributed by atoms with van der Waals surface area (Å²) in [6, 6.07) is 1.67. The average Bonchev–Trinajstić information content (AvgIpc) is 2.01. The summed E-state index contributed by atoms with van der Waals surface area (Å²) in [5.74, 6) is -1.25. The second-order valence-corrected chi connectivity index (χ2v) is 3.58. The molecule has 6 heteroatoms. The Morgan fingerprint density at radius 2 is 2.50 bits per heavy atom.